The second kappa shape index (κ2) is 11.3. The Morgan fingerprint density at radius 2 is 1.55 bits per heavy atom. The first-order valence-electron chi connectivity index (χ1n) is 11.2. The molecule has 0 N–H and O–H groups in total. The van der Waals surface area contributed by atoms with Gasteiger partial charge in [0, 0.05) is 0 Å². The molecule has 0 aliphatic carbocycles. The number of para-hydroxylation sites is 1. The summed E-state index contributed by atoms with van der Waals surface area (Å²) in [6, 6.07) is 26.6. The molecule has 0 fully saturated rings. The van der Waals surface area contributed by atoms with Gasteiger partial charge >= 0.3 is 0 Å². The number of rotatable bonds is 11. The summed E-state index contributed by atoms with van der Waals surface area (Å²) in [6.07, 6.45) is 11.1. The Balaban J connectivity index is 1.67. The number of aryl methyl sites for hydroxylation is 1. The lowest BCUT2D eigenvalue weighted by Gasteiger charge is -2.29. The maximum Gasteiger partial charge on any atom is 0.127 e. The highest BCUT2D eigenvalue weighted by Crippen LogP contribution is 2.35. The summed E-state index contributed by atoms with van der Waals surface area (Å²) in [5, 5.41) is 0. The number of hydrogen-bond donors (Lipinski definition) is 0. The van der Waals surface area contributed by atoms with Gasteiger partial charge in [-0.05, 0) is 80.1 Å². The van der Waals surface area contributed by atoms with Crippen molar-refractivity contribution in [3.63, 3.8) is 0 Å². The Labute approximate surface area is 187 Å². The normalized spacial score (nSPS) is 12.5. The summed E-state index contributed by atoms with van der Waals surface area (Å²) in [5.74, 6) is 5.76. The fraction of sp³-hybridized carbons (Fsp3) is 0.310. The maximum absolute atomic E-state index is 6.11. The van der Waals surface area contributed by atoms with Crippen molar-refractivity contribution in [1.82, 2.24) is 0 Å². The predicted molar refractivity (Wildman–Crippen MR) is 129 cm³/mol. The van der Waals surface area contributed by atoms with Crippen LogP contribution in [0.1, 0.15) is 50.7 Å². The lowest BCUT2D eigenvalue weighted by atomic mass is 9.73. The van der Waals surface area contributed by atoms with E-state index in [0.29, 0.717) is 6.61 Å². The smallest absolute Gasteiger partial charge is 0.127 e. The maximum atomic E-state index is 6.11. The summed E-state index contributed by atoms with van der Waals surface area (Å²) >= 11 is 0. The molecule has 0 aliphatic rings. The van der Waals surface area contributed by atoms with E-state index in [1.54, 1.807) is 0 Å². The van der Waals surface area contributed by atoms with E-state index in [1.165, 1.54) is 11.1 Å². The van der Waals surface area contributed by atoms with Gasteiger partial charge in [0.15, 0.2) is 0 Å². The van der Waals surface area contributed by atoms with E-state index in [-0.39, 0.29) is 5.41 Å². The average molecular weight is 413 g/mol. The molecule has 0 heterocycles. The summed E-state index contributed by atoms with van der Waals surface area (Å²) in [5.41, 5.74) is 2.24. The van der Waals surface area contributed by atoms with Crippen molar-refractivity contribution in [2.24, 2.45) is 0 Å². The molecule has 2 nitrogen and oxygen atoms in total. The van der Waals surface area contributed by atoms with Crippen molar-refractivity contribution < 1.29 is 9.47 Å². The molecule has 3 aromatic carbocycles. The molecule has 0 spiro atoms. The van der Waals surface area contributed by atoms with Gasteiger partial charge in [-0.3, -0.25) is 0 Å². The van der Waals surface area contributed by atoms with E-state index in [1.807, 2.05) is 55.5 Å². The van der Waals surface area contributed by atoms with Gasteiger partial charge in [0.05, 0.1) is 12.0 Å². The lowest BCUT2D eigenvalue weighted by molar-refractivity contribution is 0.339. The van der Waals surface area contributed by atoms with Crippen LogP contribution < -0.4 is 9.47 Å². The molecule has 3 aromatic rings. The molecule has 0 saturated heterocycles. The summed E-state index contributed by atoms with van der Waals surface area (Å²) in [7, 11) is 0. The molecule has 0 bridgehead atoms. The van der Waals surface area contributed by atoms with Crippen LogP contribution in [0.3, 0.4) is 0 Å². The third-order valence-corrected chi connectivity index (χ3v) is 5.62. The van der Waals surface area contributed by atoms with Crippen molar-refractivity contribution in [3.05, 3.63) is 90.0 Å². The van der Waals surface area contributed by atoms with Gasteiger partial charge in [0.1, 0.15) is 17.2 Å². The van der Waals surface area contributed by atoms with Gasteiger partial charge in [0.2, 0.25) is 0 Å². The van der Waals surface area contributed by atoms with E-state index in [0.717, 1.165) is 49.4 Å². The summed E-state index contributed by atoms with van der Waals surface area (Å²) in [4.78, 5) is 0. The van der Waals surface area contributed by atoms with Gasteiger partial charge in [0.25, 0.3) is 0 Å². The Morgan fingerprint density at radius 1 is 0.806 bits per heavy atom. The average Bonchev–Trinajstić information content (AvgIpc) is 2.80. The van der Waals surface area contributed by atoms with Gasteiger partial charge in [-0.25, -0.2) is 0 Å². The molecule has 2 heteroatoms. The van der Waals surface area contributed by atoms with Gasteiger partial charge in [-0.2, -0.15) is 0 Å². The van der Waals surface area contributed by atoms with Crippen molar-refractivity contribution in [2.45, 2.75) is 51.4 Å². The van der Waals surface area contributed by atoms with Crippen LogP contribution in [-0.4, -0.2) is 6.61 Å². The van der Waals surface area contributed by atoms with Crippen molar-refractivity contribution in [1.29, 1.82) is 0 Å². The first-order chi connectivity index (χ1) is 15.2. The molecule has 0 aromatic heterocycles. The number of hydrogen-bond acceptors (Lipinski definition) is 2. The Kier molecular flexibility index (Phi) is 8.19. The summed E-state index contributed by atoms with van der Waals surface area (Å²) in [6.45, 7) is 4.86. The molecular formula is C29H32O2. The quantitative estimate of drug-likeness (QED) is 0.302. The van der Waals surface area contributed by atoms with Crippen LogP contribution in [0, 0.1) is 12.3 Å². The Hall–Kier alpha value is -3.18. The second-order valence-corrected chi connectivity index (χ2v) is 7.85. The minimum Gasteiger partial charge on any atom is -0.494 e. The van der Waals surface area contributed by atoms with Crippen LogP contribution in [-0.2, 0) is 11.8 Å². The predicted octanol–water partition coefficient (Wildman–Crippen LogP) is 7.57. The third kappa shape index (κ3) is 6.15. The van der Waals surface area contributed by atoms with Crippen LogP contribution in [0.5, 0.6) is 17.2 Å². The van der Waals surface area contributed by atoms with Crippen LogP contribution in [0.15, 0.2) is 78.9 Å². The molecule has 1 atom stereocenters. The minimum absolute atomic E-state index is 0.238. The van der Waals surface area contributed by atoms with Crippen LogP contribution in [0.25, 0.3) is 0 Å². The van der Waals surface area contributed by atoms with Gasteiger partial charge < -0.3 is 9.47 Å². The summed E-state index contributed by atoms with van der Waals surface area (Å²) < 4.78 is 11.6. The monoisotopic (exact) mass is 412 g/mol. The van der Waals surface area contributed by atoms with Gasteiger partial charge in [-0.1, -0.05) is 61.7 Å². The van der Waals surface area contributed by atoms with Crippen LogP contribution >= 0.6 is 0 Å². The third-order valence-electron chi connectivity index (χ3n) is 5.62. The first kappa shape index (κ1) is 22.5. The zero-order valence-electron chi connectivity index (χ0n) is 18.6. The molecule has 0 saturated carbocycles. The van der Waals surface area contributed by atoms with Gasteiger partial charge in [-0.15, -0.1) is 6.42 Å². The van der Waals surface area contributed by atoms with Crippen LogP contribution in [0.2, 0.25) is 0 Å². The van der Waals surface area contributed by atoms with E-state index < -0.39 is 0 Å². The second-order valence-electron chi connectivity index (χ2n) is 7.85. The number of terminal acetylenes is 1. The van der Waals surface area contributed by atoms with E-state index in [2.05, 4.69) is 43.2 Å². The molecule has 0 amide bonds. The van der Waals surface area contributed by atoms with Crippen molar-refractivity contribution >= 4 is 0 Å². The van der Waals surface area contributed by atoms with Crippen LogP contribution in [0.4, 0.5) is 0 Å². The topological polar surface area (TPSA) is 18.5 Å². The lowest BCUT2D eigenvalue weighted by Crippen LogP contribution is -2.24. The fourth-order valence-electron chi connectivity index (χ4n) is 4.09. The standard InChI is InChI=1S/C29H32O2/c1-4-21-29(5-2,25-17-19-26(20-18-25)30-6-3)22-11-13-24-12-10-16-28(23-24)31-27-14-8-7-9-15-27/h2,7-10,12,14-20,23H,4,6,11,13,21-22H2,1,3H3. The van der Waals surface area contributed by atoms with Crippen molar-refractivity contribution in [2.75, 3.05) is 6.61 Å². The molecule has 0 radical (unpaired) electrons. The molecule has 160 valence electrons. The largest absolute Gasteiger partial charge is 0.494 e. The Bertz CT molecular complexity index is 970. The molecule has 31 heavy (non-hydrogen) atoms. The number of ether oxygens (including phenoxy) is 2. The van der Waals surface area contributed by atoms with E-state index in [4.69, 9.17) is 15.9 Å². The first-order valence-corrected chi connectivity index (χ1v) is 11.2. The SMILES string of the molecule is C#CC(CCC)(CCCc1cccc(Oc2ccccc2)c1)c1ccc(OCC)cc1. The zero-order chi connectivity index (χ0) is 21.9. The zero-order valence-corrected chi connectivity index (χ0v) is 18.6. The van der Waals surface area contributed by atoms with Crippen molar-refractivity contribution in [3.8, 4) is 29.6 Å². The number of benzene rings is 3. The fourth-order valence-corrected chi connectivity index (χ4v) is 4.09. The minimum atomic E-state index is -0.238. The van der Waals surface area contributed by atoms with E-state index in [9.17, 15) is 0 Å². The van der Waals surface area contributed by atoms with E-state index >= 15 is 0 Å². The highest BCUT2D eigenvalue weighted by molar-refractivity contribution is 5.38. The molecule has 3 rings (SSSR count). The highest BCUT2D eigenvalue weighted by Gasteiger charge is 2.28. The Morgan fingerprint density at radius 3 is 2.23 bits per heavy atom. The highest BCUT2D eigenvalue weighted by atomic mass is 16.5. The molecule has 0 aliphatic heterocycles. The molecular weight excluding hydrogens is 380 g/mol. The molecule has 1 unspecified atom stereocenters.